The standard InChI is InChI=1S/C20H19Cl2NO2/c21-17-8-7-16(13-18(17)22)20(10-12-24)9-4-11-23(14-20)19(25)15-5-2-1-3-6-15/h1-3,5-8,12-13H,4,9-11,14H2/t20-/m1/s1. The van der Waals surface area contributed by atoms with Crippen LogP contribution in [0.2, 0.25) is 10.0 Å². The first kappa shape index (κ1) is 18.0. The molecule has 1 aliphatic heterocycles. The van der Waals surface area contributed by atoms with Crippen molar-refractivity contribution in [2.45, 2.75) is 24.7 Å². The van der Waals surface area contributed by atoms with E-state index in [1.54, 1.807) is 6.07 Å². The third-order valence-electron chi connectivity index (χ3n) is 4.89. The monoisotopic (exact) mass is 375 g/mol. The van der Waals surface area contributed by atoms with E-state index in [0.717, 1.165) is 24.7 Å². The fourth-order valence-corrected chi connectivity index (χ4v) is 3.87. The Bertz CT molecular complexity index is 779. The molecule has 3 nitrogen and oxygen atoms in total. The predicted molar refractivity (Wildman–Crippen MR) is 100 cm³/mol. The zero-order chi connectivity index (χ0) is 17.9. The van der Waals surface area contributed by atoms with E-state index < -0.39 is 5.41 Å². The number of likely N-dealkylation sites (tertiary alicyclic amines) is 1. The third-order valence-corrected chi connectivity index (χ3v) is 5.63. The van der Waals surface area contributed by atoms with Crippen molar-refractivity contribution < 1.29 is 9.59 Å². The molecule has 2 aromatic carbocycles. The van der Waals surface area contributed by atoms with Gasteiger partial charge in [0.05, 0.1) is 10.0 Å². The van der Waals surface area contributed by atoms with Crippen LogP contribution in [0.15, 0.2) is 48.5 Å². The Balaban J connectivity index is 1.92. The second-order valence-electron chi connectivity index (χ2n) is 6.48. The second-order valence-corrected chi connectivity index (χ2v) is 7.29. The zero-order valence-electron chi connectivity index (χ0n) is 13.8. The molecule has 25 heavy (non-hydrogen) atoms. The maximum Gasteiger partial charge on any atom is 0.253 e. The number of carbonyl (C=O) groups excluding carboxylic acids is 2. The average molecular weight is 376 g/mol. The molecule has 0 aliphatic carbocycles. The van der Waals surface area contributed by atoms with E-state index in [0.29, 0.717) is 35.1 Å². The lowest BCUT2D eigenvalue weighted by molar-refractivity contribution is -0.109. The molecule has 1 heterocycles. The van der Waals surface area contributed by atoms with Crippen LogP contribution >= 0.6 is 23.2 Å². The van der Waals surface area contributed by atoms with Crippen LogP contribution in [0.1, 0.15) is 35.2 Å². The second kappa shape index (κ2) is 7.59. The average Bonchev–Trinajstić information content (AvgIpc) is 2.64. The maximum absolute atomic E-state index is 12.8. The van der Waals surface area contributed by atoms with Crippen molar-refractivity contribution in [3.63, 3.8) is 0 Å². The van der Waals surface area contributed by atoms with Crippen LogP contribution in [0, 0.1) is 0 Å². The van der Waals surface area contributed by atoms with E-state index >= 15 is 0 Å². The molecule has 5 heteroatoms. The quantitative estimate of drug-likeness (QED) is 0.722. The fraction of sp³-hybridized carbons (Fsp3) is 0.300. The van der Waals surface area contributed by atoms with Gasteiger partial charge in [-0.05, 0) is 42.7 Å². The number of carbonyl (C=O) groups is 2. The van der Waals surface area contributed by atoms with Crippen molar-refractivity contribution in [3.8, 4) is 0 Å². The lowest BCUT2D eigenvalue weighted by atomic mass is 9.72. The molecule has 1 saturated heterocycles. The third kappa shape index (κ3) is 3.73. The first-order valence-corrected chi connectivity index (χ1v) is 9.05. The first-order valence-electron chi connectivity index (χ1n) is 8.29. The van der Waals surface area contributed by atoms with Gasteiger partial charge in [-0.3, -0.25) is 4.79 Å². The van der Waals surface area contributed by atoms with Crippen molar-refractivity contribution in [1.29, 1.82) is 0 Å². The summed E-state index contributed by atoms with van der Waals surface area (Å²) >= 11 is 12.2. The minimum absolute atomic E-state index is 0.00404. The number of rotatable bonds is 4. The van der Waals surface area contributed by atoms with Gasteiger partial charge in [-0.25, -0.2) is 0 Å². The number of halogens is 2. The van der Waals surface area contributed by atoms with Gasteiger partial charge in [0, 0.05) is 30.5 Å². The molecule has 0 unspecified atom stereocenters. The number of amides is 1. The number of benzene rings is 2. The number of hydrogen-bond acceptors (Lipinski definition) is 2. The summed E-state index contributed by atoms with van der Waals surface area (Å²) in [6.45, 7) is 1.19. The van der Waals surface area contributed by atoms with Crippen LogP contribution in [-0.2, 0) is 10.2 Å². The van der Waals surface area contributed by atoms with Crippen LogP contribution in [0.5, 0.6) is 0 Å². The minimum Gasteiger partial charge on any atom is -0.338 e. The van der Waals surface area contributed by atoms with E-state index in [4.69, 9.17) is 23.2 Å². The summed E-state index contributed by atoms with van der Waals surface area (Å²) in [5.41, 5.74) is 1.21. The number of hydrogen-bond donors (Lipinski definition) is 0. The first-order chi connectivity index (χ1) is 12.1. The summed E-state index contributed by atoms with van der Waals surface area (Å²) in [5, 5.41) is 0.954. The highest BCUT2D eigenvalue weighted by Crippen LogP contribution is 2.39. The van der Waals surface area contributed by atoms with Gasteiger partial charge in [-0.1, -0.05) is 47.5 Å². The fourth-order valence-electron chi connectivity index (χ4n) is 3.57. The molecule has 1 aliphatic rings. The molecule has 0 aromatic heterocycles. The van der Waals surface area contributed by atoms with E-state index in [2.05, 4.69) is 0 Å². The Hall–Kier alpha value is -1.84. The van der Waals surface area contributed by atoms with Crippen molar-refractivity contribution in [2.75, 3.05) is 13.1 Å². The van der Waals surface area contributed by atoms with Gasteiger partial charge in [0.15, 0.2) is 0 Å². The van der Waals surface area contributed by atoms with Crippen LogP contribution in [0.3, 0.4) is 0 Å². The molecule has 1 atom stereocenters. The van der Waals surface area contributed by atoms with Gasteiger partial charge in [-0.15, -0.1) is 0 Å². The van der Waals surface area contributed by atoms with E-state index in [-0.39, 0.29) is 5.91 Å². The maximum atomic E-state index is 12.8. The number of nitrogens with zero attached hydrogens (tertiary/aromatic N) is 1. The highest BCUT2D eigenvalue weighted by molar-refractivity contribution is 6.42. The molecule has 2 aromatic rings. The summed E-state index contributed by atoms with van der Waals surface area (Å²) in [7, 11) is 0. The lowest BCUT2D eigenvalue weighted by Crippen LogP contribution is -2.48. The van der Waals surface area contributed by atoms with Gasteiger partial charge in [0.25, 0.3) is 5.91 Å². The Labute approximate surface area is 157 Å². The van der Waals surface area contributed by atoms with Crippen molar-refractivity contribution in [3.05, 3.63) is 69.7 Å². The summed E-state index contributed by atoms with van der Waals surface area (Å²) in [6.07, 6.45) is 2.96. The highest BCUT2D eigenvalue weighted by atomic mass is 35.5. The van der Waals surface area contributed by atoms with Crippen molar-refractivity contribution >= 4 is 35.4 Å². The molecule has 3 rings (SSSR count). The summed E-state index contributed by atoms with van der Waals surface area (Å²) in [5.74, 6) is -0.00404. The molecule has 0 bridgehead atoms. The van der Waals surface area contributed by atoms with Crippen LogP contribution < -0.4 is 0 Å². The Morgan fingerprint density at radius 1 is 1.12 bits per heavy atom. The van der Waals surface area contributed by atoms with Gasteiger partial charge in [-0.2, -0.15) is 0 Å². The smallest absolute Gasteiger partial charge is 0.253 e. The molecule has 0 radical (unpaired) electrons. The Morgan fingerprint density at radius 2 is 1.88 bits per heavy atom. The van der Waals surface area contributed by atoms with Crippen LogP contribution in [-0.4, -0.2) is 30.2 Å². The number of aldehydes is 1. The van der Waals surface area contributed by atoms with E-state index in [1.165, 1.54) is 0 Å². The zero-order valence-corrected chi connectivity index (χ0v) is 15.3. The molecule has 1 fully saturated rings. The molecular weight excluding hydrogens is 357 g/mol. The predicted octanol–water partition coefficient (Wildman–Crippen LogP) is 4.76. The minimum atomic E-state index is -0.418. The molecule has 130 valence electrons. The van der Waals surface area contributed by atoms with Gasteiger partial charge in [0.2, 0.25) is 0 Å². The largest absolute Gasteiger partial charge is 0.338 e. The van der Waals surface area contributed by atoms with Gasteiger partial charge >= 0.3 is 0 Å². The van der Waals surface area contributed by atoms with Crippen molar-refractivity contribution in [2.24, 2.45) is 0 Å². The SMILES string of the molecule is O=CC[C@]1(c2ccc(Cl)c(Cl)c2)CCCN(C(=O)c2ccccc2)C1. The molecule has 0 spiro atoms. The molecule has 1 amide bonds. The summed E-state index contributed by atoms with van der Waals surface area (Å²) < 4.78 is 0. The number of piperidine rings is 1. The van der Waals surface area contributed by atoms with Gasteiger partial charge in [0.1, 0.15) is 6.29 Å². The lowest BCUT2D eigenvalue weighted by Gasteiger charge is -2.42. The summed E-state index contributed by atoms with van der Waals surface area (Å²) in [4.78, 5) is 26.1. The topological polar surface area (TPSA) is 37.4 Å². The molecular formula is C20H19Cl2NO2. The molecule has 0 N–H and O–H groups in total. The van der Waals surface area contributed by atoms with Crippen LogP contribution in [0.4, 0.5) is 0 Å². The molecule has 0 saturated carbocycles. The van der Waals surface area contributed by atoms with Crippen LogP contribution in [0.25, 0.3) is 0 Å². The highest BCUT2D eigenvalue weighted by Gasteiger charge is 2.38. The summed E-state index contributed by atoms with van der Waals surface area (Å²) in [6, 6.07) is 14.7. The Kier molecular flexibility index (Phi) is 5.45. The normalized spacial score (nSPS) is 20.3. The Morgan fingerprint density at radius 3 is 2.56 bits per heavy atom. The van der Waals surface area contributed by atoms with E-state index in [9.17, 15) is 9.59 Å². The van der Waals surface area contributed by atoms with E-state index in [1.807, 2.05) is 47.4 Å². The van der Waals surface area contributed by atoms with Gasteiger partial charge < -0.3 is 9.69 Å². The van der Waals surface area contributed by atoms with Crippen molar-refractivity contribution in [1.82, 2.24) is 4.90 Å².